The van der Waals surface area contributed by atoms with Crippen LogP contribution in [0.4, 0.5) is 0 Å². The summed E-state index contributed by atoms with van der Waals surface area (Å²) in [5.41, 5.74) is 0.0512. The molecular weight excluding hydrogens is 326 g/mol. The highest BCUT2D eigenvalue weighted by Crippen LogP contribution is 2.36. The Bertz CT molecular complexity index is 587. The molecule has 7 heteroatoms. The third-order valence-corrected chi connectivity index (χ3v) is 5.57. The van der Waals surface area contributed by atoms with Crippen LogP contribution in [0.2, 0.25) is 5.02 Å². The van der Waals surface area contributed by atoms with Gasteiger partial charge in [-0.1, -0.05) is 11.6 Å². The van der Waals surface area contributed by atoms with E-state index in [2.05, 4.69) is 16.9 Å². The maximum absolute atomic E-state index is 6.39. The lowest BCUT2D eigenvalue weighted by molar-refractivity contribution is 0.00578. The van der Waals surface area contributed by atoms with Crippen LogP contribution in [0.1, 0.15) is 40.5 Å². The van der Waals surface area contributed by atoms with Gasteiger partial charge in [-0.3, -0.25) is 0 Å². The van der Waals surface area contributed by atoms with Crippen LogP contribution in [0, 0.1) is 0 Å². The van der Waals surface area contributed by atoms with Gasteiger partial charge in [0.05, 0.1) is 11.2 Å². The second-order valence-corrected chi connectivity index (χ2v) is 8.17. The van der Waals surface area contributed by atoms with Crippen molar-refractivity contribution in [2.45, 2.75) is 57.8 Å². The Labute approximate surface area is 149 Å². The SMILES string of the molecule is CN1CCC(Oc2ncc(B3OC(C)(C)C(C)(C)O3)cc2Cl)CC1. The molecule has 2 saturated heterocycles. The highest BCUT2D eigenvalue weighted by Gasteiger charge is 2.51. The fraction of sp³-hybridized carbons (Fsp3) is 0.706. The molecular formula is C17H26BClN2O3. The molecule has 0 aromatic carbocycles. The van der Waals surface area contributed by atoms with E-state index in [-0.39, 0.29) is 17.3 Å². The number of piperidine rings is 1. The molecule has 0 spiro atoms. The summed E-state index contributed by atoms with van der Waals surface area (Å²) in [5, 5.41) is 0.501. The molecule has 0 N–H and O–H groups in total. The number of hydrogen-bond acceptors (Lipinski definition) is 5. The average Bonchev–Trinajstić information content (AvgIpc) is 2.72. The molecule has 0 radical (unpaired) electrons. The third kappa shape index (κ3) is 3.57. The smallest absolute Gasteiger partial charge is 0.473 e. The first-order valence-corrected chi connectivity index (χ1v) is 8.92. The van der Waals surface area contributed by atoms with Crippen LogP contribution >= 0.6 is 11.6 Å². The van der Waals surface area contributed by atoms with Gasteiger partial charge in [0.1, 0.15) is 11.1 Å². The van der Waals surface area contributed by atoms with Crippen molar-refractivity contribution in [2.24, 2.45) is 0 Å². The van der Waals surface area contributed by atoms with Gasteiger partial charge in [0.2, 0.25) is 5.88 Å². The first-order chi connectivity index (χ1) is 11.2. The summed E-state index contributed by atoms with van der Waals surface area (Å²) in [4.78, 5) is 6.71. The molecule has 1 aromatic heterocycles. The predicted octanol–water partition coefficient (Wildman–Crippen LogP) is 2.51. The number of ether oxygens (including phenoxy) is 1. The topological polar surface area (TPSA) is 43.8 Å². The van der Waals surface area contributed by atoms with Crippen molar-refractivity contribution in [1.29, 1.82) is 0 Å². The molecule has 24 heavy (non-hydrogen) atoms. The van der Waals surface area contributed by atoms with Gasteiger partial charge in [-0.05, 0) is 53.7 Å². The minimum atomic E-state index is -0.461. The molecule has 2 fully saturated rings. The van der Waals surface area contributed by atoms with Gasteiger partial charge in [0.15, 0.2) is 0 Å². The highest BCUT2D eigenvalue weighted by atomic mass is 35.5. The van der Waals surface area contributed by atoms with Gasteiger partial charge in [-0.15, -0.1) is 0 Å². The molecule has 5 nitrogen and oxygen atoms in total. The summed E-state index contributed by atoms with van der Waals surface area (Å²) >= 11 is 6.39. The molecule has 2 aliphatic heterocycles. The standard InChI is InChI=1S/C17H26BClN2O3/c1-16(2)17(3,4)24-18(23-16)12-10-14(19)15(20-11-12)22-13-6-8-21(5)9-7-13/h10-11,13H,6-9H2,1-5H3. The van der Waals surface area contributed by atoms with Crippen LogP contribution in [-0.2, 0) is 9.31 Å². The largest absolute Gasteiger partial charge is 0.496 e. The maximum Gasteiger partial charge on any atom is 0.496 e. The van der Waals surface area contributed by atoms with Crippen LogP contribution < -0.4 is 10.2 Å². The van der Waals surface area contributed by atoms with E-state index in [1.807, 2.05) is 33.8 Å². The van der Waals surface area contributed by atoms with E-state index in [1.54, 1.807) is 6.20 Å². The number of hydrogen-bond donors (Lipinski definition) is 0. The Balaban J connectivity index is 1.69. The molecule has 3 heterocycles. The minimum Gasteiger partial charge on any atom is -0.473 e. The van der Waals surface area contributed by atoms with E-state index in [1.165, 1.54) is 0 Å². The number of pyridine rings is 1. The first kappa shape index (κ1) is 18.0. The normalized spacial score (nSPS) is 24.3. The van der Waals surface area contributed by atoms with E-state index in [4.69, 9.17) is 25.6 Å². The van der Waals surface area contributed by atoms with Gasteiger partial charge in [0, 0.05) is 24.7 Å². The van der Waals surface area contributed by atoms with Crippen LogP contribution in [-0.4, -0.2) is 54.4 Å². The second-order valence-electron chi connectivity index (χ2n) is 7.76. The molecule has 0 amide bonds. The Morgan fingerprint density at radius 2 is 1.79 bits per heavy atom. The molecule has 0 unspecified atom stereocenters. The molecule has 2 aliphatic rings. The van der Waals surface area contributed by atoms with E-state index in [0.717, 1.165) is 31.4 Å². The van der Waals surface area contributed by atoms with Crippen molar-refractivity contribution in [3.8, 4) is 5.88 Å². The van der Waals surface area contributed by atoms with Crippen molar-refractivity contribution in [3.63, 3.8) is 0 Å². The van der Waals surface area contributed by atoms with Crippen LogP contribution in [0.5, 0.6) is 5.88 Å². The number of halogens is 1. The summed E-state index contributed by atoms with van der Waals surface area (Å²) < 4.78 is 18.1. The summed E-state index contributed by atoms with van der Waals surface area (Å²) in [5.74, 6) is 0.492. The zero-order valence-electron chi connectivity index (χ0n) is 15.1. The molecule has 0 aliphatic carbocycles. The molecule has 3 rings (SSSR count). The van der Waals surface area contributed by atoms with Gasteiger partial charge >= 0.3 is 7.12 Å². The Kier molecular flexibility index (Phi) is 4.86. The van der Waals surface area contributed by atoms with Crippen molar-refractivity contribution < 1.29 is 14.0 Å². The van der Waals surface area contributed by atoms with Crippen molar-refractivity contribution in [1.82, 2.24) is 9.88 Å². The second kappa shape index (κ2) is 6.48. The highest BCUT2D eigenvalue weighted by molar-refractivity contribution is 6.62. The molecule has 132 valence electrons. The fourth-order valence-electron chi connectivity index (χ4n) is 2.90. The van der Waals surface area contributed by atoms with Gasteiger partial charge < -0.3 is 18.9 Å². The van der Waals surface area contributed by atoms with Crippen LogP contribution in [0.25, 0.3) is 0 Å². The maximum atomic E-state index is 6.39. The van der Waals surface area contributed by atoms with Gasteiger partial charge in [-0.2, -0.15) is 0 Å². The average molecular weight is 353 g/mol. The minimum absolute atomic E-state index is 0.175. The third-order valence-electron chi connectivity index (χ3n) is 5.30. The Hall–Kier alpha value is -0.815. The summed E-state index contributed by atoms with van der Waals surface area (Å²) in [6.45, 7) is 10.2. The van der Waals surface area contributed by atoms with Crippen LogP contribution in [0.15, 0.2) is 12.3 Å². The molecule has 0 atom stereocenters. The number of rotatable bonds is 3. The van der Waals surface area contributed by atoms with E-state index in [0.29, 0.717) is 10.9 Å². The lowest BCUT2D eigenvalue weighted by Gasteiger charge is -2.32. The fourth-order valence-corrected chi connectivity index (χ4v) is 3.11. The van der Waals surface area contributed by atoms with Crippen LogP contribution in [0.3, 0.4) is 0 Å². The number of likely N-dealkylation sites (tertiary alicyclic amines) is 1. The lowest BCUT2D eigenvalue weighted by atomic mass is 9.80. The number of nitrogens with zero attached hydrogens (tertiary/aromatic N) is 2. The predicted molar refractivity (Wildman–Crippen MR) is 96.1 cm³/mol. The van der Waals surface area contributed by atoms with Crippen molar-refractivity contribution in [2.75, 3.05) is 20.1 Å². The Morgan fingerprint density at radius 1 is 1.21 bits per heavy atom. The molecule has 0 bridgehead atoms. The molecule has 0 saturated carbocycles. The molecule has 1 aromatic rings. The zero-order valence-corrected chi connectivity index (χ0v) is 15.9. The summed E-state index contributed by atoms with van der Waals surface area (Å²) in [6, 6.07) is 1.83. The summed E-state index contributed by atoms with van der Waals surface area (Å²) in [6.07, 6.45) is 3.90. The number of aromatic nitrogens is 1. The quantitative estimate of drug-likeness (QED) is 0.782. The van der Waals surface area contributed by atoms with Crippen molar-refractivity contribution in [3.05, 3.63) is 17.3 Å². The first-order valence-electron chi connectivity index (χ1n) is 8.54. The van der Waals surface area contributed by atoms with E-state index < -0.39 is 7.12 Å². The van der Waals surface area contributed by atoms with Gasteiger partial charge in [0.25, 0.3) is 0 Å². The van der Waals surface area contributed by atoms with Gasteiger partial charge in [-0.25, -0.2) is 4.98 Å². The lowest BCUT2D eigenvalue weighted by Crippen LogP contribution is -2.41. The zero-order chi connectivity index (χ0) is 17.5. The monoisotopic (exact) mass is 352 g/mol. The van der Waals surface area contributed by atoms with E-state index >= 15 is 0 Å². The van der Waals surface area contributed by atoms with E-state index in [9.17, 15) is 0 Å². The Morgan fingerprint density at radius 3 is 2.33 bits per heavy atom. The summed E-state index contributed by atoms with van der Waals surface area (Å²) in [7, 11) is 1.67. The van der Waals surface area contributed by atoms with Crippen molar-refractivity contribution >= 4 is 24.2 Å².